The number of carboxylic acids is 1. The summed E-state index contributed by atoms with van der Waals surface area (Å²) in [5.41, 5.74) is -0.0546. The van der Waals surface area contributed by atoms with Crippen LogP contribution in [0, 0.1) is 0 Å². The summed E-state index contributed by atoms with van der Waals surface area (Å²) in [6.07, 6.45) is 4.00. The van der Waals surface area contributed by atoms with Gasteiger partial charge in [0.2, 0.25) is 5.95 Å². The second kappa shape index (κ2) is 3.73. The zero-order chi connectivity index (χ0) is 11.8. The Kier molecular flexibility index (Phi) is 2.53. The molecule has 2 N–H and O–H groups in total. The van der Waals surface area contributed by atoms with Gasteiger partial charge in [0, 0.05) is 17.8 Å². The summed E-state index contributed by atoms with van der Waals surface area (Å²) in [7, 11) is 0. The molecule has 1 aliphatic carbocycles. The number of nitrogens with zero attached hydrogens (tertiary/aromatic N) is 2. The SMILES string of the molecule is CC(C)(Nc1nccc(C2CC2)n1)C(=O)O. The van der Waals surface area contributed by atoms with Gasteiger partial charge in [-0.2, -0.15) is 0 Å². The first-order valence-electron chi connectivity index (χ1n) is 5.33. The van der Waals surface area contributed by atoms with Crippen molar-refractivity contribution in [3.05, 3.63) is 18.0 Å². The Morgan fingerprint density at radius 1 is 1.56 bits per heavy atom. The second-order valence-electron chi connectivity index (χ2n) is 4.63. The molecule has 0 unspecified atom stereocenters. The van der Waals surface area contributed by atoms with Crippen LogP contribution in [0.1, 0.15) is 38.3 Å². The quantitative estimate of drug-likeness (QED) is 0.808. The monoisotopic (exact) mass is 221 g/mol. The normalized spacial score (nSPS) is 15.9. The molecule has 1 fully saturated rings. The molecule has 86 valence electrons. The fourth-order valence-electron chi connectivity index (χ4n) is 1.37. The molecule has 5 nitrogen and oxygen atoms in total. The summed E-state index contributed by atoms with van der Waals surface area (Å²) in [6, 6.07) is 1.89. The van der Waals surface area contributed by atoms with Crippen molar-refractivity contribution in [3.63, 3.8) is 0 Å². The Labute approximate surface area is 93.9 Å². The zero-order valence-electron chi connectivity index (χ0n) is 9.40. The van der Waals surface area contributed by atoms with E-state index in [0.29, 0.717) is 11.9 Å². The lowest BCUT2D eigenvalue weighted by Crippen LogP contribution is -2.40. The first kappa shape index (κ1) is 10.9. The standard InChI is InChI=1S/C11H15N3O2/c1-11(2,9(15)16)14-10-12-6-5-8(13-10)7-3-4-7/h5-7H,3-4H2,1-2H3,(H,15,16)(H,12,13,14). The molecule has 0 radical (unpaired) electrons. The second-order valence-corrected chi connectivity index (χ2v) is 4.63. The molecule has 2 rings (SSSR count). The highest BCUT2D eigenvalue weighted by Gasteiger charge is 2.29. The minimum atomic E-state index is -1.05. The molecular weight excluding hydrogens is 206 g/mol. The van der Waals surface area contributed by atoms with Crippen LogP contribution in [0.25, 0.3) is 0 Å². The predicted octanol–water partition coefficient (Wildman–Crippen LogP) is 1.63. The van der Waals surface area contributed by atoms with Crippen molar-refractivity contribution >= 4 is 11.9 Å². The Morgan fingerprint density at radius 2 is 2.25 bits per heavy atom. The number of aliphatic carboxylic acids is 1. The molecule has 1 saturated carbocycles. The van der Waals surface area contributed by atoms with Crippen LogP contribution in [-0.4, -0.2) is 26.6 Å². The first-order valence-corrected chi connectivity index (χ1v) is 5.33. The van der Waals surface area contributed by atoms with Crippen LogP contribution >= 0.6 is 0 Å². The molecule has 1 heterocycles. The lowest BCUT2D eigenvalue weighted by molar-refractivity contribution is -0.141. The molecule has 0 aromatic carbocycles. The average molecular weight is 221 g/mol. The van der Waals surface area contributed by atoms with Crippen LogP contribution in [0.2, 0.25) is 0 Å². The van der Waals surface area contributed by atoms with Crippen LogP contribution in [0.5, 0.6) is 0 Å². The van der Waals surface area contributed by atoms with Crippen molar-refractivity contribution in [1.82, 2.24) is 9.97 Å². The molecule has 16 heavy (non-hydrogen) atoms. The minimum Gasteiger partial charge on any atom is -0.480 e. The highest BCUT2D eigenvalue weighted by Crippen LogP contribution is 2.38. The van der Waals surface area contributed by atoms with Gasteiger partial charge in [0.05, 0.1) is 0 Å². The third-order valence-electron chi connectivity index (χ3n) is 2.63. The summed E-state index contributed by atoms with van der Waals surface area (Å²) < 4.78 is 0. The number of carboxylic acid groups (broad SMARTS) is 1. The van der Waals surface area contributed by atoms with Crippen LogP contribution < -0.4 is 5.32 Å². The average Bonchev–Trinajstić information content (AvgIpc) is 3.00. The van der Waals surface area contributed by atoms with Gasteiger partial charge in [-0.05, 0) is 32.8 Å². The molecule has 1 aliphatic rings. The van der Waals surface area contributed by atoms with Gasteiger partial charge in [0.1, 0.15) is 5.54 Å². The molecule has 0 saturated heterocycles. The molecule has 5 heteroatoms. The Hall–Kier alpha value is -1.65. The van der Waals surface area contributed by atoms with Crippen molar-refractivity contribution in [3.8, 4) is 0 Å². The Balaban J connectivity index is 2.14. The number of aromatic nitrogens is 2. The lowest BCUT2D eigenvalue weighted by Gasteiger charge is -2.20. The van der Waals surface area contributed by atoms with Gasteiger partial charge in [-0.3, -0.25) is 0 Å². The van der Waals surface area contributed by atoms with E-state index in [1.54, 1.807) is 20.0 Å². The van der Waals surface area contributed by atoms with E-state index in [-0.39, 0.29) is 0 Å². The van der Waals surface area contributed by atoms with E-state index in [4.69, 9.17) is 5.11 Å². The van der Waals surface area contributed by atoms with E-state index < -0.39 is 11.5 Å². The van der Waals surface area contributed by atoms with Crippen LogP contribution in [0.4, 0.5) is 5.95 Å². The van der Waals surface area contributed by atoms with Crippen LogP contribution in [0.3, 0.4) is 0 Å². The molecule has 0 amide bonds. The molecule has 0 bridgehead atoms. The summed E-state index contributed by atoms with van der Waals surface area (Å²) in [5.74, 6) is 0.00113. The highest BCUT2D eigenvalue weighted by atomic mass is 16.4. The summed E-state index contributed by atoms with van der Waals surface area (Å²) in [4.78, 5) is 19.3. The third-order valence-corrected chi connectivity index (χ3v) is 2.63. The largest absolute Gasteiger partial charge is 0.480 e. The summed E-state index contributed by atoms with van der Waals surface area (Å²) >= 11 is 0. The third kappa shape index (κ3) is 2.29. The highest BCUT2D eigenvalue weighted by molar-refractivity contribution is 5.80. The number of carbonyl (C=O) groups is 1. The Bertz CT molecular complexity index is 413. The van der Waals surface area contributed by atoms with Crippen molar-refractivity contribution in [1.29, 1.82) is 0 Å². The van der Waals surface area contributed by atoms with Gasteiger partial charge in [-0.25, -0.2) is 14.8 Å². The van der Waals surface area contributed by atoms with Gasteiger partial charge in [-0.1, -0.05) is 0 Å². The van der Waals surface area contributed by atoms with E-state index in [1.807, 2.05) is 6.07 Å². The number of rotatable bonds is 4. The van der Waals surface area contributed by atoms with Gasteiger partial charge < -0.3 is 10.4 Å². The number of hydrogen-bond acceptors (Lipinski definition) is 4. The van der Waals surface area contributed by atoms with Gasteiger partial charge in [0.25, 0.3) is 0 Å². The topological polar surface area (TPSA) is 75.1 Å². The van der Waals surface area contributed by atoms with E-state index >= 15 is 0 Å². The number of anilines is 1. The maximum Gasteiger partial charge on any atom is 0.328 e. The fourth-order valence-corrected chi connectivity index (χ4v) is 1.37. The number of hydrogen-bond donors (Lipinski definition) is 2. The van der Waals surface area contributed by atoms with E-state index in [0.717, 1.165) is 5.69 Å². The van der Waals surface area contributed by atoms with Crippen molar-refractivity contribution in [2.24, 2.45) is 0 Å². The maximum absolute atomic E-state index is 10.9. The molecule has 0 aliphatic heterocycles. The van der Waals surface area contributed by atoms with E-state index in [2.05, 4.69) is 15.3 Å². The van der Waals surface area contributed by atoms with Gasteiger partial charge in [-0.15, -0.1) is 0 Å². The Morgan fingerprint density at radius 3 is 2.81 bits per heavy atom. The van der Waals surface area contributed by atoms with Crippen molar-refractivity contribution in [2.75, 3.05) is 5.32 Å². The van der Waals surface area contributed by atoms with E-state index in [9.17, 15) is 4.79 Å². The molecule has 1 aromatic heterocycles. The van der Waals surface area contributed by atoms with Gasteiger partial charge >= 0.3 is 5.97 Å². The molecular formula is C11H15N3O2. The first-order chi connectivity index (χ1) is 7.49. The minimum absolute atomic E-state index is 0.386. The zero-order valence-corrected chi connectivity index (χ0v) is 9.40. The lowest BCUT2D eigenvalue weighted by atomic mass is 10.1. The van der Waals surface area contributed by atoms with Crippen LogP contribution in [0.15, 0.2) is 12.3 Å². The summed E-state index contributed by atoms with van der Waals surface area (Å²) in [5, 5.41) is 11.8. The van der Waals surface area contributed by atoms with Crippen molar-refractivity contribution in [2.45, 2.75) is 38.1 Å². The van der Waals surface area contributed by atoms with Gasteiger partial charge in [0.15, 0.2) is 0 Å². The van der Waals surface area contributed by atoms with E-state index in [1.165, 1.54) is 12.8 Å². The van der Waals surface area contributed by atoms with Crippen LogP contribution in [-0.2, 0) is 4.79 Å². The number of nitrogens with one attached hydrogen (secondary N) is 1. The summed E-state index contributed by atoms with van der Waals surface area (Å²) in [6.45, 7) is 3.17. The molecule has 0 spiro atoms. The molecule has 0 atom stereocenters. The molecule has 1 aromatic rings. The fraction of sp³-hybridized carbons (Fsp3) is 0.545. The predicted molar refractivity (Wildman–Crippen MR) is 59.3 cm³/mol. The van der Waals surface area contributed by atoms with Crippen molar-refractivity contribution < 1.29 is 9.90 Å². The smallest absolute Gasteiger partial charge is 0.328 e. The maximum atomic E-state index is 10.9.